The van der Waals surface area contributed by atoms with Gasteiger partial charge in [-0.25, -0.2) is 0 Å². The predicted molar refractivity (Wildman–Crippen MR) is 77.9 cm³/mol. The average Bonchev–Trinajstić information content (AvgIpc) is 2.93. The molecule has 0 saturated carbocycles. The lowest BCUT2D eigenvalue weighted by Gasteiger charge is -2.34. The zero-order chi connectivity index (χ0) is 17.8. The number of para-hydroxylation sites is 1. The van der Waals surface area contributed by atoms with E-state index in [1.54, 1.807) is 25.1 Å². The van der Waals surface area contributed by atoms with Gasteiger partial charge in [-0.15, -0.1) is 0 Å². The molecule has 0 aliphatic carbocycles. The van der Waals surface area contributed by atoms with Crippen molar-refractivity contribution >= 4 is 16.6 Å². The van der Waals surface area contributed by atoms with Crippen molar-refractivity contribution in [1.82, 2.24) is 4.98 Å². The fraction of sp³-hybridized carbons (Fsp3) is 0.438. The molecule has 0 unspecified atom stereocenters. The van der Waals surface area contributed by atoms with Crippen molar-refractivity contribution in [1.29, 1.82) is 0 Å². The fourth-order valence-corrected chi connectivity index (χ4v) is 3.22. The van der Waals surface area contributed by atoms with Crippen LogP contribution in [0.2, 0.25) is 0 Å². The van der Waals surface area contributed by atoms with Crippen molar-refractivity contribution in [2.24, 2.45) is 5.41 Å². The van der Waals surface area contributed by atoms with E-state index in [0.717, 1.165) is 10.5 Å². The average molecular weight is 348 g/mol. The zero-order valence-electron chi connectivity index (χ0n) is 12.7. The van der Waals surface area contributed by atoms with E-state index in [1.165, 1.54) is 12.3 Å². The van der Waals surface area contributed by atoms with Crippen molar-refractivity contribution in [2.45, 2.75) is 25.7 Å². The van der Waals surface area contributed by atoms with Crippen LogP contribution in [0.15, 0.2) is 30.5 Å². The van der Waals surface area contributed by atoms with Crippen molar-refractivity contribution < 1.29 is 26.3 Å². The van der Waals surface area contributed by atoms with Gasteiger partial charge in [0.05, 0.1) is 5.52 Å². The van der Waals surface area contributed by atoms with Gasteiger partial charge in [0, 0.05) is 30.4 Å². The molecule has 0 bridgehead atoms. The number of anilines is 1. The van der Waals surface area contributed by atoms with Crippen LogP contribution in [0.3, 0.4) is 0 Å². The van der Waals surface area contributed by atoms with Gasteiger partial charge in [-0.3, -0.25) is 4.98 Å². The maximum Gasteiger partial charge on any atom is 0.404 e. The summed E-state index contributed by atoms with van der Waals surface area (Å²) in [7, 11) is 0. The molecular formula is C16H14F6N2. The number of nitrogens with zero attached hydrogens (tertiary/aromatic N) is 2. The van der Waals surface area contributed by atoms with Gasteiger partial charge in [0.15, 0.2) is 5.41 Å². The molecule has 1 saturated heterocycles. The first-order valence-corrected chi connectivity index (χ1v) is 7.29. The van der Waals surface area contributed by atoms with Gasteiger partial charge in [0.2, 0.25) is 0 Å². The molecule has 0 atom stereocenters. The highest BCUT2D eigenvalue weighted by Gasteiger charge is 2.72. The maximum atomic E-state index is 13.2. The lowest BCUT2D eigenvalue weighted by Crippen LogP contribution is -2.51. The van der Waals surface area contributed by atoms with Crippen molar-refractivity contribution in [3.05, 3.63) is 36.0 Å². The molecule has 130 valence electrons. The molecule has 24 heavy (non-hydrogen) atoms. The standard InChI is InChI=1S/C16H14F6N2/c1-10-3-2-4-11-12(5-7-23-13(10)11)24-8-6-14(9-24,15(17,18)19)16(20,21)22/h2-5,7H,6,8-9H2,1H3. The number of aromatic nitrogens is 1. The highest BCUT2D eigenvalue weighted by atomic mass is 19.4. The third-order valence-corrected chi connectivity index (χ3v) is 4.64. The molecule has 2 heterocycles. The minimum Gasteiger partial charge on any atom is -0.370 e. The van der Waals surface area contributed by atoms with Gasteiger partial charge in [-0.2, -0.15) is 26.3 Å². The minimum atomic E-state index is -5.35. The molecule has 0 radical (unpaired) electrons. The van der Waals surface area contributed by atoms with Crippen LogP contribution in [0, 0.1) is 12.3 Å². The molecule has 1 aromatic carbocycles. The van der Waals surface area contributed by atoms with Gasteiger partial charge in [-0.05, 0) is 25.0 Å². The predicted octanol–water partition coefficient (Wildman–Crippen LogP) is 4.86. The second kappa shape index (κ2) is 5.26. The van der Waals surface area contributed by atoms with E-state index in [4.69, 9.17) is 0 Å². The molecule has 0 spiro atoms. The Morgan fingerprint density at radius 2 is 1.71 bits per heavy atom. The highest BCUT2D eigenvalue weighted by Crippen LogP contribution is 2.56. The topological polar surface area (TPSA) is 16.1 Å². The summed E-state index contributed by atoms with van der Waals surface area (Å²) < 4.78 is 79.3. The van der Waals surface area contributed by atoms with Gasteiger partial charge in [0.25, 0.3) is 0 Å². The molecule has 2 aromatic rings. The van der Waals surface area contributed by atoms with Gasteiger partial charge < -0.3 is 4.90 Å². The normalized spacial score (nSPS) is 18.4. The molecule has 2 nitrogen and oxygen atoms in total. The van der Waals surface area contributed by atoms with Gasteiger partial charge >= 0.3 is 12.4 Å². The van der Waals surface area contributed by atoms with Gasteiger partial charge in [0.1, 0.15) is 0 Å². The summed E-state index contributed by atoms with van der Waals surface area (Å²) in [5.74, 6) is 0. The Labute approximate surface area is 134 Å². The van der Waals surface area contributed by atoms with Crippen LogP contribution in [0.5, 0.6) is 0 Å². The number of fused-ring (bicyclic) bond motifs is 1. The number of rotatable bonds is 1. The van der Waals surface area contributed by atoms with Crippen LogP contribution < -0.4 is 4.90 Å². The van der Waals surface area contributed by atoms with Crippen LogP contribution in [-0.4, -0.2) is 30.4 Å². The number of benzene rings is 1. The lowest BCUT2D eigenvalue weighted by molar-refractivity contribution is -0.332. The van der Waals surface area contributed by atoms with E-state index in [9.17, 15) is 26.3 Å². The largest absolute Gasteiger partial charge is 0.404 e. The maximum absolute atomic E-state index is 13.2. The van der Waals surface area contributed by atoms with E-state index in [1.807, 2.05) is 0 Å². The molecule has 0 N–H and O–H groups in total. The van der Waals surface area contributed by atoms with E-state index < -0.39 is 30.7 Å². The molecule has 8 heteroatoms. The summed E-state index contributed by atoms with van der Waals surface area (Å²) in [6.07, 6.45) is -10.3. The number of halogens is 6. The van der Waals surface area contributed by atoms with Crippen LogP contribution in [0.25, 0.3) is 10.9 Å². The van der Waals surface area contributed by atoms with E-state index >= 15 is 0 Å². The molecule has 1 aliphatic rings. The van der Waals surface area contributed by atoms with Crippen LogP contribution >= 0.6 is 0 Å². The Balaban J connectivity index is 2.07. The summed E-state index contributed by atoms with van der Waals surface area (Å²) in [5, 5.41) is 0.553. The molecule has 1 aliphatic heterocycles. The molecule has 1 fully saturated rings. The molecule has 3 rings (SSSR count). The Kier molecular flexibility index (Phi) is 3.69. The van der Waals surface area contributed by atoms with Crippen LogP contribution in [0.1, 0.15) is 12.0 Å². The zero-order valence-corrected chi connectivity index (χ0v) is 12.7. The Morgan fingerprint density at radius 3 is 2.29 bits per heavy atom. The summed E-state index contributed by atoms with van der Waals surface area (Å²) in [6, 6.07) is 6.62. The highest BCUT2D eigenvalue weighted by molar-refractivity contribution is 5.93. The third-order valence-electron chi connectivity index (χ3n) is 4.64. The van der Waals surface area contributed by atoms with Crippen LogP contribution in [-0.2, 0) is 0 Å². The molecule has 1 aromatic heterocycles. The summed E-state index contributed by atoms with van der Waals surface area (Å²) in [4.78, 5) is 5.33. The minimum absolute atomic E-state index is 0.313. The number of aryl methyl sites for hydroxylation is 1. The summed E-state index contributed by atoms with van der Waals surface area (Å²) >= 11 is 0. The number of hydrogen-bond acceptors (Lipinski definition) is 2. The van der Waals surface area contributed by atoms with Crippen molar-refractivity contribution in [3.63, 3.8) is 0 Å². The van der Waals surface area contributed by atoms with E-state index in [0.29, 0.717) is 16.6 Å². The van der Waals surface area contributed by atoms with E-state index in [2.05, 4.69) is 4.98 Å². The Morgan fingerprint density at radius 1 is 1.04 bits per heavy atom. The lowest BCUT2D eigenvalue weighted by atomic mass is 9.85. The first-order valence-electron chi connectivity index (χ1n) is 7.29. The number of alkyl halides is 6. The quantitative estimate of drug-likeness (QED) is 0.684. The number of pyridine rings is 1. The monoisotopic (exact) mass is 348 g/mol. The number of hydrogen-bond donors (Lipinski definition) is 0. The van der Waals surface area contributed by atoms with E-state index in [-0.39, 0.29) is 6.54 Å². The third kappa shape index (κ3) is 2.39. The SMILES string of the molecule is Cc1cccc2c(N3CCC(C(F)(F)F)(C(F)(F)F)C3)ccnc12. The first-order chi connectivity index (χ1) is 11.1. The summed E-state index contributed by atoms with van der Waals surface area (Å²) in [6.45, 7) is 0.345. The fourth-order valence-electron chi connectivity index (χ4n) is 3.22. The van der Waals surface area contributed by atoms with Gasteiger partial charge in [-0.1, -0.05) is 18.2 Å². The second-order valence-electron chi connectivity index (χ2n) is 6.05. The second-order valence-corrected chi connectivity index (χ2v) is 6.05. The Bertz CT molecular complexity index is 751. The smallest absolute Gasteiger partial charge is 0.370 e. The van der Waals surface area contributed by atoms with Crippen molar-refractivity contribution in [3.8, 4) is 0 Å². The van der Waals surface area contributed by atoms with Crippen LogP contribution in [0.4, 0.5) is 32.0 Å². The summed E-state index contributed by atoms with van der Waals surface area (Å²) in [5.41, 5.74) is -1.96. The molecular weight excluding hydrogens is 334 g/mol. The first kappa shape index (κ1) is 16.9. The van der Waals surface area contributed by atoms with Crippen molar-refractivity contribution in [2.75, 3.05) is 18.0 Å². The molecule has 0 amide bonds. The Hall–Kier alpha value is -1.99.